The maximum absolute atomic E-state index is 10.3. The minimum absolute atomic E-state index is 0. The van der Waals surface area contributed by atoms with Crippen LogP contribution in [-0.2, 0) is 4.79 Å². The molecular formula is C5H5NNa2O3. The van der Waals surface area contributed by atoms with Crippen molar-refractivity contribution in [3.8, 4) is 0 Å². The molecule has 1 aliphatic heterocycles. The molecule has 0 saturated heterocycles. The van der Waals surface area contributed by atoms with Crippen LogP contribution in [0, 0.1) is 0 Å². The molecule has 1 atom stereocenters. The van der Waals surface area contributed by atoms with Crippen molar-refractivity contribution in [2.45, 2.75) is 18.9 Å². The number of aliphatic imine (C=N–C) groups is 1. The van der Waals surface area contributed by atoms with Gasteiger partial charge in [-0.05, 0) is 18.7 Å². The number of carboxylic acid groups (broad SMARTS) is 1. The summed E-state index contributed by atoms with van der Waals surface area (Å²) in [6, 6.07) is -0.877. The van der Waals surface area contributed by atoms with Crippen molar-refractivity contribution in [1.29, 1.82) is 0 Å². The largest absolute Gasteiger partial charge is 1.00 e. The first-order valence-corrected chi connectivity index (χ1v) is 2.64. The predicted octanol–water partition coefficient (Wildman–Crippen LogP) is -8.33. The molecule has 0 N–H and O–H groups in total. The van der Waals surface area contributed by atoms with E-state index in [0.29, 0.717) is 6.42 Å². The molecule has 1 rings (SSSR count). The van der Waals surface area contributed by atoms with Crippen LogP contribution in [0.3, 0.4) is 0 Å². The summed E-state index contributed by atoms with van der Waals surface area (Å²) >= 11 is 0. The Morgan fingerprint density at radius 3 is 2.27 bits per heavy atom. The standard InChI is InChI=1S/C5H7NO3.2Na/c7-4-2-1-3(6-4)5(8)9;;/h3H,1-2H2,(H,6,7)(H,8,9);;/q;2*+1/p-2/t3-;;/m0../s1. The van der Waals surface area contributed by atoms with Crippen molar-refractivity contribution in [3.63, 3.8) is 0 Å². The number of carbonyl (C=O) groups is 1. The van der Waals surface area contributed by atoms with Crippen LogP contribution >= 0.6 is 0 Å². The molecule has 1 heterocycles. The Morgan fingerprint density at radius 2 is 2.09 bits per heavy atom. The fraction of sp³-hybridized carbons (Fsp3) is 0.600. The van der Waals surface area contributed by atoms with Crippen LogP contribution in [0.4, 0.5) is 0 Å². The Morgan fingerprint density at radius 1 is 1.55 bits per heavy atom. The molecule has 4 nitrogen and oxygen atoms in total. The second kappa shape index (κ2) is 6.46. The van der Waals surface area contributed by atoms with Gasteiger partial charge in [-0.1, -0.05) is 0 Å². The normalized spacial score (nSPS) is 21.1. The molecular weight excluding hydrogens is 168 g/mol. The van der Waals surface area contributed by atoms with Crippen LogP contribution in [0.25, 0.3) is 0 Å². The van der Waals surface area contributed by atoms with Gasteiger partial charge in [-0.15, -0.1) is 0 Å². The summed E-state index contributed by atoms with van der Waals surface area (Å²) in [6.07, 6.45) is 0.555. The van der Waals surface area contributed by atoms with Crippen molar-refractivity contribution < 1.29 is 74.1 Å². The molecule has 6 heteroatoms. The quantitative estimate of drug-likeness (QED) is 0.369. The molecule has 0 unspecified atom stereocenters. The van der Waals surface area contributed by atoms with Gasteiger partial charge < -0.3 is 15.0 Å². The van der Waals surface area contributed by atoms with Crippen molar-refractivity contribution in [2.75, 3.05) is 0 Å². The van der Waals surface area contributed by atoms with E-state index < -0.39 is 12.0 Å². The third-order valence-corrected chi connectivity index (χ3v) is 1.20. The Bertz CT molecular complexity index is 171. The minimum atomic E-state index is -1.25. The van der Waals surface area contributed by atoms with Crippen LogP contribution in [-0.4, -0.2) is 17.9 Å². The van der Waals surface area contributed by atoms with Crippen LogP contribution in [0.5, 0.6) is 0 Å². The van der Waals surface area contributed by atoms with Gasteiger partial charge in [0.2, 0.25) is 0 Å². The Balaban J connectivity index is 0. The molecule has 0 radical (unpaired) electrons. The minimum Gasteiger partial charge on any atom is -0.862 e. The number of rotatable bonds is 1. The molecule has 0 saturated carbocycles. The second-order valence-corrected chi connectivity index (χ2v) is 1.90. The fourth-order valence-corrected chi connectivity index (χ4v) is 0.734. The van der Waals surface area contributed by atoms with Gasteiger partial charge in [-0.25, -0.2) is 0 Å². The number of aliphatic carboxylic acids is 1. The summed E-state index contributed by atoms with van der Waals surface area (Å²) in [6.45, 7) is 0. The van der Waals surface area contributed by atoms with Crippen molar-refractivity contribution >= 4 is 11.9 Å². The summed E-state index contributed by atoms with van der Waals surface area (Å²) in [4.78, 5) is 13.3. The molecule has 0 fully saturated rings. The number of hydrogen-bond donors (Lipinski definition) is 0. The smallest absolute Gasteiger partial charge is 0.862 e. The second-order valence-electron chi connectivity index (χ2n) is 1.90. The summed E-state index contributed by atoms with van der Waals surface area (Å²) in [5.74, 6) is -1.58. The Kier molecular flexibility index (Phi) is 8.49. The zero-order valence-corrected chi connectivity index (χ0v) is 10.7. The van der Waals surface area contributed by atoms with Gasteiger partial charge in [0.25, 0.3) is 0 Å². The van der Waals surface area contributed by atoms with Crippen LogP contribution in [0.1, 0.15) is 12.8 Å². The molecule has 0 bridgehead atoms. The number of carbonyl (C=O) groups excluding carboxylic acids is 1. The maximum Gasteiger partial charge on any atom is 1.00 e. The summed E-state index contributed by atoms with van der Waals surface area (Å²) in [5, 5.41) is 20.3. The first kappa shape index (κ1) is 14.5. The fourth-order valence-electron chi connectivity index (χ4n) is 0.734. The zero-order valence-electron chi connectivity index (χ0n) is 6.66. The van der Waals surface area contributed by atoms with Crippen molar-refractivity contribution in [3.05, 3.63) is 0 Å². The van der Waals surface area contributed by atoms with E-state index in [4.69, 9.17) is 0 Å². The topological polar surface area (TPSA) is 75.5 Å². The molecule has 1 aliphatic rings. The van der Waals surface area contributed by atoms with E-state index in [2.05, 4.69) is 4.99 Å². The molecule has 0 aromatic carbocycles. The number of nitrogens with zero attached hydrogens (tertiary/aromatic N) is 1. The van der Waals surface area contributed by atoms with Crippen LogP contribution < -0.4 is 69.3 Å². The average Bonchev–Trinajstić information content (AvgIpc) is 2.14. The maximum atomic E-state index is 10.3. The summed E-state index contributed by atoms with van der Waals surface area (Å²) in [7, 11) is 0. The van der Waals surface area contributed by atoms with Gasteiger partial charge in [-0.2, -0.15) is 0 Å². The predicted molar refractivity (Wildman–Crippen MR) is 25.5 cm³/mol. The van der Waals surface area contributed by atoms with Crippen LogP contribution in [0.15, 0.2) is 4.99 Å². The third-order valence-electron chi connectivity index (χ3n) is 1.20. The number of hydrogen-bond acceptors (Lipinski definition) is 4. The first-order chi connectivity index (χ1) is 4.20. The average molecular weight is 173 g/mol. The number of carboxylic acids is 1. The first-order valence-electron chi connectivity index (χ1n) is 2.64. The van der Waals surface area contributed by atoms with Gasteiger partial charge in [0.1, 0.15) is 0 Å². The molecule has 0 aromatic heterocycles. The molecule has 50 valence electrons. The third kappa shape index (κ3) is 4.50. The zero-order chi connectivity index (χ0) is 6.85. The van der Waals surface area contributed by atoms with E-state index in [0.717, 1.165) is 0 Å². The SMILES string of the molecule is O=C([O-])[C@@H]1CCC([O-])=N1.[Na+].[Na+]. The summed E-state index contributed by atoms with van der Waals surface area (Å²) < 4.78 is 0. The van der Waals surface area contributed by atoms with E-state index >= 15 is 0 Å². The monoisotopic (exact) mass is 173 g/mol. The van der Waals surface area contributed by atoms with E-state index in [1.165, 1.54) is 0 Å². The van der Waals surface area contributed by atoms with Crippen LogP contribution in [0.2, 0.25) is 0 Å². The Labute approximate surface area is 109 Å². The van der Waals surface area contributed by atoms with Crippen molar-refractivity contribution in [1.82, 2.24) is 0 Å². The van der Waals surface area contributed by atoms with E-state index in [9.17, 15) is 15.0 Å². The molecule has 0 aliphatic carbocycles. The molecule has 0 amide bonds. The van der Waals surface area contributed by atoms with Gasteiger partial charge in [0, 0.05) is 0 Å². The van der Waals surface area contributed by atoms with Crippen molar-refractivity contribution in [2.24, 2.45) is 4.99 Å². The van der Waals surface area contributed by atoms with Gasteiger partial charge in [-0.3, -0.25) is 4.99 Å². The Hall–Kier alpha value is 0.940. The van der Waals surface area contributed by atoms with E-state index in [1.807, 2.05) is 0 Å². The van der Waals surface area contributed by atoms with Gasteiger partial charge in [0.05, 0.1) is 12.0 Å². The van der Waals surface area contributed by atoms with E-state index in [-0.39, 0.29) is 71.4 Å². The molecule has 0 spiro atoms. The van der Waals surface area contributed by atoms with Gasteiger partial charge in [0.15, 0.2) is 0 Å². The van der Waals surface area contributed by atoms with E-state index in [1.54, 1.807) is 0 Å². The molecule has 11 heavy (non-hydrogen) atoms. The molecule has 0 aromatic rings. The van der Waals surface area contributed by atoms with Gasteiger partial charge >= 0.3 is 59.1 Å². The summed E-state index contributed by atoms with van der Waals surface area (Å²) in [5.41, 5.74) is 0.